The van der Waals surface area contributed by atoms with Crippen LogP contribution in [0.1, 0.15) is 58.6 Å². The number of carbonyl (C=O) groups excluding carboxylic acids is 2. The number of para-hydroxylation sites is 1. The Balaban J connectivity index is 1.57. The average Bonchev–Trinajstić information content (AvgIpc) is 2.86. The minimum atomic E-state index is -0.177. The zero-order valence-electron chi connectivity index (χ0n) is 19.2. The van der Waals surface area contributed by atoms with Gasteiger partial charge in [-0.3, -0.25) is 14.6 Å². The number of nitrogens with zero attached hydrogens (tertiary/aromatic N) is 4. The third kappa shape index (κ3) is 5.33. The number of carbonyl (C=O) groups is 2. The molecule has 1 aromatic heterocycles. The lowest BCUT2D eigenvalue weighted by atomic mass is 9.75. The van der Waals surface area contributed by atoms with Gasteiger partial charge in [0.15, 0.2) is 0 Å². The number of amides is 2. The van der Waals surface area contributed by atoms with Gasteiger partial charge in [-0.1, -0.05) is 18.6 Å². The normalized spacial score (nSPS) is 19.3. The number of hydrogen-bond acceptors (Lipinski definition) is 6. The fourth-order valence-corrected chi connectivity index (χ4v) is 4.66. The van der Waals surface area contributed by atoms with Gasteiger partial charge >= 0.3 is 0 Å². The molecule has 2 bridgehead atoms. The number of fused-ring (bicyclic) bond motifs is 9. The van der Waals surface area contributed by atoms with E-state index in [4.69, 9.17) is 4.74 Å². The van der Waals surface area contributed by atoms with E-state index in [2.05, 4.69) is 9.97 Å². The van der Waals surface area contributed by atoms with Gasteiger partial charge in [0, 0.05) is 32.4 Å². The Labute approximate surface area is 194 Å². The van der Waals surface area contributed by atoms with Crippen molar-refractivity contribution in [2.75, 3.05) is 39.4 Å². The lowest BCUT2D eigenvalue weighted by Gasteiger charge is -2.41. The third-order valence-corrected chi connectivity index (χ3v) is 6.86. The molecule has 0 unspecified atom stereocenters. The summed E-state index contributed by atoms with van der Waals surface area (Å²) >= 11 is 0. The summed E-state index contributed by atoms with van der Waals surface area (Å²) in [5.41, 5.74) is 1.44. The maximum absolute atomic E-state index is 13.2. The summed E-state index contributed by atoms with van der Waals surface area (Å²) in [6, 6.07) is 7.26. The van der Waals surface area contributed by atoms with Crippen LogP contribution in [-0.2, 0) is 0 Å². The number of hydrogen-bond donors (Lipinski definition) is 1. The first-order valence-electron chi connectivity index (χ1n) is 11.7. The lowest BCUT2D eigenvalue weighted by Crippen LogP contribution is -2.44. The van der Waals surface area contributed by atoms with E-state index >= 15 is 0 Å². The molecule has 1 aromatic carbocycles. The minimum Gasteiger partial charge on any atom is -0.491 e. The molecular weight excluding hydrogens is 420 g/mol. The molecule has 3 aliphatic rings. The summed E-state index contributed by atoms with van der Waals surface area (Å²) in [6.07, 6.45) is 7.27. The van der Waals surface area contributed by atoms with Crippen molar-refractivity contribution in [1.82, 2.24) is 19.8 Å². The van der Waals surface area contributed by atoms with Crippen LogP contribution in [0.2, 0.25) is 0 Å². The highest BCUT2D eigenvalue weighted by molar-refractivity contribution is 5.97. The molecular formula is C25H32N4O4. The van der Waals surface area contributed by atoms with E-state index in [1.807, 2.05) is 24.0 Å². The molecule has 2 aromatic rings. The molecule has 8 heteroatoms. The molecule has 33 heavy (non-hydrogen) atoms. The fraction of sp³-hybridized carbons (Fsp3) is 0.520. The number of benzene rings is 1. The van der Waals surface area contributed by atoms with Crippen molar-refractivity contribution >= 4 is 11.8 Å². The zero-order chi connectivity index (χ0) is 23.3. The Kier molecular flexibility index (Phi) is 7.23. The highest BCUT2D eigenvalue weighted by atomic mass is 16.5. The van der Waals surface area contributed by atoms with Crippen LogP contribution in [0.4, 0.5) is 0 Å². The Morgan fingerprint density at radius 2 is 1.85 bits per heavy atom. The van der Waals surface area contributed by atoms with Crippen LogP contribution in [0, 0.1) is 12.3 Å². The number of aliphatic hydroxyl groups excluding tert-OH is 1. The Hall–Kier alpha value is -3.00. The first-order valence-corrected chi connectivity index (χ1v) is 11.7. The predicted molar refractivity (Wildman–Crippen MR) is 123 cm³/mol. The molecule has 0 saturated carbocycles. The van der Waals surface area contributed by atoms with Crippen molar-refractivity contribution in [3.8, 4) is 5.75 Å². The highest BCUT2D eigenvalue weighted by Crippen LogP contribution is 2.37. The van der Waals surface area contributed by atoms with Gasteiger partial charge in [0.05, 0.1) is 24.0 Å². The average molecular weight is 453 g/mol. The van der Waals surface area contributed by atoms with Gasteiger partial charge in [0.25, 0.3) is 11.8 Å². The molecule has 5 rings (SSSR count). The SMILES string of the molecule is Cc1cnc(C(=O)N2CCCCC3(CO)CCN(CC3)C(=O)c3ccccc3OCC2)cn1. The van der Waals surface area contributed by atoms with Crippen LogP contribution in [0.25, 0.3) is 0 Å². The van der Waals surface area contributed by atoms with Crippen molar-refractivity contribution in [2.24, 2.45) is 5.41 Å². The number of aliphatic hydroxyl groups is 1. The number of aryl methyl sites for hydroxylation is 1. The zero-order valence-corrected chi connectivity index (χ0v) is 19.2. The molecule has 0 spiro atoms. The largest absolute Gasteiger partial charge is 0.491 e. The molecule has 1 N–H and O–H groups in total. The van der Waals surface area contributed by atoms with Crippen LogP contribution in [0.15, 0.2) is 36.7 Å². The van der Waals surface area contributed by atoms with Crippen LogP contribution >= 0.6 is 0 Å². The van der Waals surface area contributed by atoms with Crippen LogP contribution < -0.4 is 4.74 Å². The van der Waals surface area contributed by atoms with Crippen molar-refractivity contribution in [3.05, 3.63) is 53.6 Å². The lowest BCUT2D eigenvalue weighted by molar-refractivity contribution is 0.0297. The first-order chi connectivity index (χ1) is 16.0. The molecule has 1 fully saturated rings. The number of ether oxygens (including phenoxy) is 1. The second kappa shape index (κ2) is 10.3. The molecule has 1 saturated heterocycles. The van der Waals surface area contributed by atoms with Crippen molar-refractivity contribution in [3.63, 3.8) is 0 Å². The molecule has 3 aliphatic heterocycles. The topological polar surface area (TPSA) is 95.9 Å². The number of rotatable bonds is 2. The van der Waals surface area contributed by atoms with E-state index in [0.717, 1.165) is 37.8 Å². The van der Waals surface area contributed by atoms with Gasteiger partial charge < -0.3 is 19.6 Å². The van der Waals surface area contributed by atoms with Crippen molar-refractivity contribution in [1.29, 1.82) is 0 Å². The first kappa shape index (κ1) is 23.2. The van der Waals surface area contributed by atoms with E-state index in [1.54, 1.807) is 23.2 Å². The Bertz CT molecular complexity index is 971. The summed E-state index contributed by atoms with van der Waals surface area (Å²) in [7, 11) is 0. The Morgan fingerprint density at radius 1 is 1.06 bits per heavy atom. The maximum atomic E-state index is 13.2. The van der Waals surface area contributed by atoms with Gasteiger partial charge in [-0.15, -0.1) is 0 Å². The number of piperidine rings is 1. The molecule has 2 amide bonds. The Morgan fingerprint density at radius 3 is 2.58 bits per heavy atom. The molecule has 0 radical (unpaired) electrons. The summed E-state index contributed by atoms with van der Waals surface area (Å²) in [5.74, 6) is 0.303. The smallest absolute Gasteiger partial charge is 0.274 e. The van der Waals surface area contributed by atoms with Crippen molar-refractivity contribution < 1.29 is 19.4 Å². The summed E-state index contributed by atoms with van der Waals surface area (Å²) in [5, 5.41) is 10.1. The van der Waals surface area contributed by atoms with Crippen molar-refractivity contribution in [2.45, 2.75) is 39.0 Å². The third-order valence-electron chi connectivity index (χ3n) is 6.86. The van der Waals surface area contributed by atoms with E-state index in [9.17, 15) is 14.7 Å². The van der Waals surface area contributed by atoms with Gasteiger partial charge in [-0.2, -0.15) is 0 Å². The monoisotopic (exact) mass is 452 g/mol. The fourth-order valence-electron chi connectivity index (χ4n) is 4.66. The van der Waals surface area contributed by atoms with Gasteiger partial charge in [0.1, 0.15) is 18.1 Å². The highest BCUT2D eigenvalue weighted by Gasteiger charge is 2.36. The minimum absolute atomic E-state index is 0.0464. The molecule has 0 atom stereocenters. The second-order valence-electron chi connectivity index (χ2n) is 9.09. The van der Waals surface area contributed by atoms with Crippen LogP contribution in [-0.4, -0.2) is 76.1 Å². The second-order valence-corrected chi connectivity index (χ2v) is 9.09. The van der Waals surface area contributed by atoms with Gasteiger partial charge in [0.2, 0.25) is 0 Å². The number of aromatic nitrogens is 2. The predicted octanol–water partition coefficient (Wildman–Crippen LogP) is 2.70. The van der Waals surface area contributed by atoms with E-state index in [1.165, 1.54) is 6.20 Å². The summed E-state index contributed by atoms with van der Waals surface area (Å²) < 4.78 is 6.00. The van der Waals surface area contributed by atoms with Gasteiger partial charge in [-0.05, 0) is 50.2 Å². The van der Waals surface area contributed by atoms with Crippen LogP contribution in [0.5, 0.6) is 5.75 Å². The molecule has 4 heterocycles. The van der Waals surface area contributed by atoms with E-state index in [-0.39, 0.29) is 30.4 Å². The van der Waals surface area contributed by atoms with Crippen LogP contribution in [0.3, 0.4) is 0 Å². The molecule has 8 nitrogen and oxygen atoms in total. The quantitative estimate of drug-likeness (QED) is 0.753. The summed E-state index contributed by atoms with van der Waals surface area (Å²) in [4.78, 5) is 38.4. The maximum Gasteiger partial charge on any atom is 0.274 e. The summed E-state index contributed by atoms with van der Waals surface area (Å²) in [6.45, 7) is 4.44. The molecule has 176 valence electrons. The molecule has 0 aliphatic carbocycles. The van der Waals surface area contributed by atoms with E-state index < -0.39 is 0 Å². The standard InChI is InChI=1S/C25H32N4O4/c1-19-16-27-21(17-26-19)24(32)28-11-5-4-8-25(18-30)9-12-29(13-10-25)23(31)20-6-2-3-7-22(20)33-15-14-28/h2-3,6-7,16-17,30H,4-5,8-15,18H2,1H3. The van der Waals surface area contributed by atoms with E-state index in [0.29, 0.717) is 43.2 Å². The van der Waals surface area contributed by atoms with Gasteiger partial charge in [-0.25, -0.2) is 4.98 Å².